The fourth-order valence-corrected chi connectivity index (χ4v) is 8.28. The summed E-state index contributed by atoms with van der Waals surface area (Å²) in [5.41, 5.74) is 0. The van der Waals surface area contributed by atoms with Crippen LogP contribution in [0.2, 0.25) is 0 Å². The van der Waals surface area contributed by atoms with E-state index < -0.39 is 20.0 Å². The predicted molar refractivity (Wildman–Crippen MR) is 274 cm³/mol. The monoisotopic (exact) mass is 919 g/mol. The van der Waals surface area contributed by atoms with Crippen molar-refractivity contribution in [3.63, 3.8) is 0 Å². The van der Waals surface area contributed by atoms with Crippen molar-refractivity contribution in [2.45, 2.75) is 244 Å². The lowest BCUT2D eigenvalue weighted by Crippen LogP contribution is -2.45. The Bertz CT molecular complexity index is 1230. The van der Waals surface area contributed by atoms with Crippen LogP contribution in [0, 0.1) is 0 Å². The highest BCUT2D eigenvalue weighted by Crippen LogP contribution is 2.38. The van der Waals surface area contributed by atoms with Gasteiger partial charge in [0.1, 0.15) is 13.2 Å². The van der Waals surface area contributed by atoms with Crippen LogP contribution < -0.4 is 10.2 Å². The van der Waals surface area contributed by atoms with Gasteiger partial charge in [-0.1, -0.05) is 229 Å². The van der Waals surface area contributed by atoms with E-state index in [1.54, 1.807) is 6.08 Å². The number of nitrogens with zero attached hydrogens (tertiary/aromatic N) is 1. The highest BCUT2D eigenvalue weighted by Gasteiger charge is 2.23. The molecule has 64 heavy (non-hydrogen) atoms. The number of likely N-dealkylation sites (N-methyl/N-ethyl adjacent to an activating group) is 1. The number of unbranched alkanes of at least 4 members (excludes halogenated alkanes) is 27. The number of aliphatic hydroxyl groups is 1. The molecule has 0 aliphatic rings. The van der Waals surface area contributed by atoms with Gasteiger partial charge in [-0.3, -0.25) is 9.36 Å². The molecule has 8 nitrogen and oxygen atoms in total. The van der Waals surface area contributed by atoms with Crippen LogP contribution in [0.5, 0.6) is 0 Å². The number of amides is 1. The van der Waals surface area contributed by atoms with E-state index in [0.29, 0.717) is 17.4 Å². The number of hydrogen-bond donors (Lipinski definition) is 2. The van der Waals surface area contributed by atoms with Crippen LogP contribution in [-0.2, 0) is 18.4 Å². The molecule has 0 aromatic heterocycles. The first kappa shape index (κ1) is 62.2. The summed E-state index contributed by atoms with van der Waals surface area (Å²) in [6.45, 7) is 4.47. The molecule has 0 saturated heterocycles. The molecule has 0 aliphatic carbocycles. The Morgan fingerprint density at radius 1 is 0.562 bits per heavy atom. The summed E-state index contributed by atoms with van der Waals surface area (Å²) in [6.07, 6.45) is 61.9. The molecule has 0 rings (SSSR count). The summed E-state index contributed by atoms with van der Waals surface area (Å²) in [6, 6.07) is -0.882. The number of carbonyl (C=O) groups is 1. The molecule has 0 saturated carbocycles. The number of hydrogen-bond acceptors (Lipinski definition) is 6. The van der Waals surface area contributed by atoms with Crippen molar-refractivity contribution in [2.75, 3.05) is 40.9 Å². The minimum absolute atomic E-state index is 0.00131. The van der Waals surface area contributed by atoms with Crippen molar-refractivity contribution < 1.29 is 32.9 Å². The Labute approximate surface area is 396 Å². The van der Waals surface area contributed by atoms with Gasteiger partial charge in [0.15, 0.2) is 0 Å². The first-order chi connectivity index (χ1) is 31.0. The van der Waals surface area contributed by atoms with Gasteiger partial charge in [-0.05, 0) is 57.8 Å². The van der Waals surface area contributed by atoms with Crippen LogP contribution in [0.1, 0.15) is 232 Å². The van der Waals surface area contributed by atoms with E-state index in [0.717, 1.165) is 64.2 Å². The second kappa shape index (κ2) is 46.3. The lowest BCUT2D eigenvalue weighted by molar-refractivity contribution is -0.870. The van der Waals surface area contributed by atoms with Crippen LogP contribution in [0.25, 0.3) is 0 Å². The Balaban J connectivity index is 3.83. The molecule has 1 amide bonds. The van der Waals surface area contributed by atoms with Crippen LogP contribution in [0.4, 0.5) is 0 Å². The largest absolute Gasteiger partial charge is 0.756 e. The third-order valence-corrected chi connectivity index (χ3v) is 12.7. The summed E-state index contributed by atoms with van der Waals surface area (Å²) in [5, 5.41) is 13.7. The second-order valence-corrected chi connectivity index (χ2v) is 20.6. The van der Waals surface area contributed by atoms with Crippen LogP contribution in [0.3, 0.4) is 0 Å². The SMILES string of the molecule is CC/C=C\C/C=C\C/C=C\C/C=C\CCCCCCCCCCCCCCCCCCCCCCCCC(=O)NC(COP(=O)([O-])OCC[N+](C)(C)C)C(O)/C=C/CCCCCCC. The molecule has 0 radical (unpaired) electrons. The molecule has 374 valence electrons. The van der Waals surface area contributed by atoms with Crippen LogP contribution in [-0.4, -0.2) is 68.5 Å². The van der Waals surface area contributed by atoms with E-state index in [2.05, 4.69) is 67.8 Å². The van der Waals surface area contributed by atoms with Crippen LogP contribution in [0.15, 0.2) is 60.8 Å². The van der Waals surface area contributed by atoms with Crippen molar-refractivity contribution in [3.8, 4) is 0 Å². The molecule has 2 N–H and O–H groups in total. The Morgan fingerprint density at radius 2 is 0.953 bits per heavy atom. The van der Waals surface area contributed by atoms with Gasteiger partial charge in [0.25, 0.3) is 7.82 Å². The molecule has 0 heterocycles. The summed E-state index contributed by atoms with van der Waals surface area (Å²) < 4.78 is 23.1. The number of rotatable bonds is 48. The highest BCUT2D eigenvalue weighted by atomic mass is 31.2. The van der Waals surface area contributed by atoms with Gasteiger partial charge < -0.3 is 28.8 Å². The normalized spacial score (nSPS) is 14.5. The van der Waals surface area contributed by atoms with Gasteiger partial charge in [-0.25, -0.2) is 0 Å². The summed E-state index contributed by atoms with van der Waals surface area (Å²) in [4.78, 5) is 25.2. The maximum Gasteiger partial charge on any atom is 0.268 e. The van der Waals surface area contributed by atoms with Gasteiger partial charge in [0.2, 0.25) is 5.91 Å². The van der Waals surface area contributed by atoms with E-state index in [1.165, 1.54) is 148 Å². The zero-order valence-electron chi connectivity index (χ0n) is 42.5. The fourth-order valence-electron chi connectivity index (χ4n) is 7.56. The topological polar surface area (TPSA) is 108 Å². The molecular weight excluding hydrogens is 816 g/mol. The average Bonchev–Trinajstić information content (AvgIpc) is 3.25. The minimum Gasteiger partial charge on any atom is -0.756 e. The van der Waals surface area contributed by atoms with Crippen molar-refractivity contribution >= 4 is 13.7 Å². The molecule has 0 aromatic rings. The van der Waals surface area contributed by atoms with Gasteiger partial charge in [-0.2, -0.15) is 0 Å². The number of quaternary nitrogens is 1. The van der Waals surface area contributed by atoms with Crippen molar-refractivity contribution in [3.05, 3.63) is 60.8 Å². The third kappa shape index (κ3) is 48.1. The molecule has 3 unspecified atom stereocenters. The first-order valence-corrected chi connectivity index (χ1v) is 28.1. The maximum absolute atomic E-state index is 12.8. The van der Waals surface area contributed by atoms with Gasteiger partial charge >= 0.3 is 0 Å². The second-order valence-electron chi connectivity index (χ2n) is 19.2. The first-order valence-electron chi connectivity index (χ1n) is 26.7. The number of aliphatic hydroxyl groups excluding tert-OH is 1. The Kier molecular flexibility index (Phi) is 45.0. The quantitative estimate of drug-likeness (QED) is 0.0272. The van der Waals surface area contributed by atoms with Crippen molar-refractivity contribution in [1.29, 1.82) is 0 Å². The molecule has 0 spiro atoms. The number of carbonyl (C=O) groups excluding carboxylic acids is 1. The maximum atomic E-state index is 12.8. The van der Waals surface area contributed by atoms with E-state index in [-0.39, 0.29) is 19.1 Å². The summed E-state index contributed by atoms with van der Waals surface area (Å²) in [7, 11) is 1.26. The van der Waals surface area contributed by atoms with E-state index in [9.17, 15) is 19.4 Å². The highest BCUT2D eigenvalue weighted by molar-refractivity contribution is 7.45. The van der Waals surface area contributed by atoms with E-state index in [1.807, 2.05) is 27.2 Å². The van der Waals surface area contributed by atoms with E-state index in [4.69, 9.17) is 9.05 Å². The number of allylic oxidation sites excluding steroid dienone is 9. The van der Waals surface area contributed by atoms with Gasteiger partial charge in [0.05, 0.1) is 39.9 Å². The third-order valence-electron chi connectivity index (χ3n) is 11.7. The Hall–Kier alpha value is -1.80. The fraction of sp³-hybridized carbons (Fsp3) is 0.800. The molecule has 9 heteroatoms. The smallest absolute Gasteiger partial charge is 0.268 e. The molecule has 0 aliphatic heterocycles. The summed E-state index contributed by atoms with van der Waals surface area (Å²) in [5.74, 6) is -0.200. The molecule has 0 bridgehead atoms. The zero-order valence-corrected chi connectivity index (χ0v) is 43.4. The average molecular weight is 919 g/mol. The molecule has 0 fully saturated rings. The lowest BCUT2D eigenvalue weighted by atomic mass is 10.0. The molecule has 0 aromatic carbocycles. The predicted octanol–water partition coefficient (Wildman–Crippen LogP) is 15.1. The number of nitrogens with one attached hydrogen (secondary N) is 1. The molecule has 3 atom stereocenters. The summed E-state index contributed by atoms with van der Waals surface area (Å²) >= 11 is 0. The van der Waals surface area contributed by atoms with Crippen LogP contribution >= 0.6 is 7.82 Å². The number of phosphoric ester groups is 1. The minimum atomic E-state index is -4.58. The zero-order chi connectivity index (χ0) is 47.1. The lowest BCUT2D eigenvalue weighted by Gasteiger charge is -2.29. The standard InChI is InChI=1S/C55H103N2O6P/c1-6-8-10-12-14-15-16-17-18-19-20-21-22-23-24-25-26-27-28-29-30-31-32-33-34-35-36-37-38-39-40-41-43-45-47-49-55(59)56-53(54(58)48-46-44-42-13-11-9-7-2)52-63-64(60,61)62-51-50-57(3,4)5/h8,10,14-15,17-18,20-21,46,48,53-54,58H,6-7,9,11-13,16,19,22-45,47,49-52H2,1-5H3,(H-,56,59,60,61)/b10-8-,15-14-,18-17-,21-20-,48-46+. The Morgan fingerprint density at radius 3 is 1.39 bits per heavy atom. The van der Waals surface area contributed by atoms with E-state index >= 15 is 0 Å². The number of phosphoric acid groups is 1. The van der Waals surface area contributed by atoms with Gasteiger partial charge in [-0.15, -0.1) is 0 Å². The molecular formula is C55H103N2O6P. The van der Waals surface area contributed by atoms with Crippen molar-refractivity contribution in [2.24, 2.45) is 0 Å². The van der Waals surface area contributed by atoms with Crippen molar-refractivity contribution in [1.82, 2.24) is 5.32 Å². The van der Waals surface area contributed by atoms with Gasteiger partial charge in [0, 0.05) is 6.42 Å².